The lowest BCUT2D eigenvalue weighted by molar-refractivity contribution is -0.146. The summed E-state index contributed by atoms with van der Waals surface area (Å²) in [4.78, 5) is 13.3. The van der Waals surface area contributed by atoms with E-state index in [0.717, 1.165) is 30.4 Å². The first-order chi connectivity index (χ1) is 14.0. The summed E-state index contributed by atoms with van der Waals surface area (Å²) in [5.41, 5.74) is 5.04. The Hall–Kier alpha value is -2.33. The lowest BCUT2D eigenvalue weighted by atomic mass is 9.49. The predicted molar refractivity (Wildman–Crippen MR) is 114 cm³/mol. The van der Waals surface area contributed by atoms with Crippen LogP contribution in [-0.4, -0.2) is 16.7 Å². The molecule has 2 aromatic carbocycles. The lowest BCUT2D eigenvalue weighted by Gasteiger charge is -2.55. The number of phenolic OH excluding ortho intramolecular Hbond substituents is 1. The fourth-order valence-electron chi connectivity index (χ4n) is 6.14. The van der Waals surface area contributed by atoms with Crippen molar-refractivity contribution in [1.82, 2.24) is 5.43 Å². The molecule has 2 N–H and O–H groups in total. The summed E-state index contributed by atoms with van der Waals surface area (Å²) in [7, 11) is 0. The monoisotopic (exact) mass is 408 g/mol. The fourth-order valence-corrected chi connectivity index (χ4v) is 6.26. The van der Waals surface area contributed by atoms with Gasteiger partial charge in [-0.25, -0.2) is 5.43 Å². The third-order valence-corrected chi connectivity index (χ3v) is 7.30. The van der Waals surface area contributed by atoms with Gasteiger partial charge in [0, 0.05) is 16.1 Å². The van der Waals surface area contributed by atoms with Crippen LogP contribution in [0.15, 0.2) is 53.6 Å². The summed E-state index contributed by atoms with van der Waals surface area (Å²) in [5.74, 6) is 2.40. The molecule has 0 spiro atoms. The molecule has 0 atom stereocenters. The topological polar surface area (TPSA) is 61.7 Å². The minimum absolute atomic E-state index is 0.0711. The molecule has 4 saturated carbocycles. The van der Waals surface area contributed by atoms with E-state index in [1.165, 1.54) is 19.3 Å². The largest absolute Gasteiger partial charge is 0.508 e. The van der Waals surface area contributed by atoms with E-state index in [2.05, 4.69) is 10.5 Å². The average Bonchev–Trinajstić information content (AvgIpc) is 2.69. The lowest BCUT2D eigenvalue weighted by Crippen LogP contribution is -2.52. The van der Waals surface area contributed by atoms with Crippen molar-refractivity contribution in [3.63, 3.8) is 0 Å². The van der Waals surface area contributed by atoms with Gasteiger partial charge in [-0.1, -0.05) is 23.7 Å². The molecule has 150 valence electrons. The number of amides is 1. The Morgan fingerprint density at radius 2 is 1.38 bits per heavy atom. The van der Waals surface area contributed by atoms with Gasteiger partial charge >= 0.3 is 0 Å². The Morgan fingerprint density at radius 1 is 0.897 bits per heavy atom. The Morgan fingerprint density at radius 3 is 1.90 bits per heavy atom. The van der Waals surface area contributed by atoms with Crippen LogP contribution in [-0.2, 0) is 4.79 Å². The normalized spacial score (nSPS) is 30.4. The fraction of sp³-hybridized carbons (Fsp3) is 0.417. The maximum Gasteiger partial charge on any atom is 0.246 e. The van der Waals surface area contributed by atoms with E-state index in [-0.39, 0.29) is 17.1 Å². The Labute approximate surface area is 176 Å². The third-order valence-electron chi connectivity index (χ3n) is 7.05. The highest BCUT2D eigenvalue weighted by molar-refractivity contribution is 6.30. The molecule has 0 unspecified atom stereocenters. The van der Waals surface area contributed by atoms with Crippen molar-refractivity contribution in [1.29, 1.82) is 0 Å². The number of rotatable bonds is 4. The number of aromatic hydroxyl groups is 1. The van der Waals surface area contributed by atoms with Gasteiger partial charge in [0.25, 0.3) is 0 Å². The van der Waals surface area contributed by atoms with Crippen LogP contribution in [0, 0.1) is 23.2 Å². The SMILES string of the molecule is O=C(N/N=C(\c1ccc(O)cc1)c1ccc(Cl)cc1)C12CC3CC(CC(C3)C1)C2. The number of phenols is 1. The highest BCUT2D eigenvalue weighted by Crippen LogP contribution is 2.60. The minimum atomic E-state index is -0.238. The summed E-state index contributed by atoms with van der Waals surface area (Å²) in [6.45, 7) is 0. The number of nitrogens with one attached hydrogen (secondary N) is 1. The first-order valence-electron chi connectivity index (χ1n) is 10.4. The van der Waals surface area contributed by atoms with Crippen molar-refractivity contribution in [2.24, 2.45) is 28.3 Å². The van der Waals surface area contributed by atoms with E-state index in [0.29, 0.717) is 28.5 Å². The number of hydrogen-bond acceptors (Lipinski definition) is 3. The van der Waals surface area contributed by atoms with Crippen molar-refractivity contribution in [3.8, 4) is 5.75 Å². The van der Waals surface area contributed by atoms with Gasteiger partial charge in [0.2, 0.25) is 5.91 Å². The molecule has 0 heterocycles. The van der Waals surface area contributed by atoms with Crippen molar-refractivity contribution < 1.29 is 9.90 Å². The van der Waals surface area contributed by atoms with Gasteiger partial charge in [-0.15, -0.1) is 0 Å². The molecule has 0 saturated heterocycles. The molecule has 1 amide bonds. The van der Waals surface area contributed by atoms with Crippen LogP contribution < -0.4 is 5.43 Å². The standard InChI is InChI=1S/C24H25ClN2O2/c25-20-5-1-18(2-6-20)22(19-3-7-21(28)8-4-19)26-27-23(29)24-12-15-9-16(13-24)11-17(10-15)14-24/h1-8,15-17,28H,9-14H2,(H,27,29)/b26-22-. The van der Waals surface area contributed by atoms with Crippen molar-refractivity contribution >= 4 is 23.2 Å². The number of hydrazone groups is 1. The Bertz CT molecular complexity index is 867. The van der Waals surface area contributed by atoms with E-state index in [4.69, 9.17) is 11.6 Å². The number of halogens is 1. The maximum absolute atomic E-state index is 13.3. The first-order valence-corrected chi connectivity index (χ1v) is 10.8. The molecule has 6 rings (SSSR count). The number of nitrogens with zero attached hydrogens (tertiary/aromatic N) is 1. The molecule has 4 aliphatic rings. The van der Waals surface area contributed by atoms with Crippen LogP contribution in [0.1, 0.15) is 49.7 Å². The second kappa shape index (κ2) is 7.17. The van der Waals surface area contributed by atoms with E-state index < -0.39 is 0 Å². The number of hydrogen-bond donors (Lipinski definition) is 2. The van der Waals surface area contributed by atoms with Crippen LogP contribution in [0.2, 0.25) is 5.02 Å². The summed E-state index contributed by atoms with van der Waals surface area (Å²) >= 11 is 6.04. The first kappa shape index (κ1) is 18.7. The molecular formula is C24H25ClN2O2. The van der Waals surface area contributed by atoms with Gasteiger partial charge in [-0.3, -0.25) is 4.79 Å². The van der Waals surface area contributed by atoms with Crippen molar-refractivity contribution in [2.75, 3.05) is 0 Å². The minimum Gasteiger partial charge on any atom is -0.508 e. The van der Waals surface area contributed by atoms with Crippen molar-refractivity contribution in [2.45, 2.75) is 38.5 Å². The zero-order valence-corrected chi connectivity index (χ0v) is 17.0. The van der Waals surface area contributed by atoms with Gasteiger partial charge < -0.3 is 5.11 Å². The number of benzene rings is 2. The average molecular weight is 409 g/mol. The second-order valence-electron chi connectivity index (χ2n) is 9.15. The highest BCUT2D eigenvalue weighted by atomic mass is 35.5. The molecule has 29 heavy (non-hydrogen) atoms. The van der Waals surface area contributed by atoms with E-state index >= 15 is 0 Å². The van der Waals surface area contributed by atoms with E-state index in [1.807, 2.05) is 24.3 Å². The highest BCUT2D eigenvalue weighted by Gasteiger charge is 2.54. The summed E-state index contributed by atoms with van der Waals surface area (Å²) < 4.78 is 0. The Balaban J connectivity index is 1.44. The smallest absolute Gasteiger partial charge is 0.246 e. The summed E-state index contributed by atoms with van der Waals surface area (Å²) in [6, 6.07) is 14.3. The van der Waals surface area contributed by atoms with Gasteiger partial charge in [-0.05, 0) is 92.7 Å². The molecule has 0 aromatic heterocycles. The van der Waals surface area contributed by atoms with Crippen LogP contribution in [0.25, 0.3) is 0 Å². The van der Waals surface area contributed by atoms with Crippen LogP contribution in [0.3, 0.4) is 0 Å². The molecule has 2 aromatic rings. The van der Waals surface area contributed by atoms with Crippen molar-refractivity contribution in [3.05, 3.63) is 64.7 Å². The quantitative estimate of drug-likeness (QED) is 0.544. The summed E-state index contributed by atoms with van der Waals surface area (Å²) in [5, 5.41) is 14.9. The molecule has 4 fully saturated rings. The second-order valence-corrected chi connectivity index (χ2v) is 9.59. The van der Waals surface area contributed by atoms with Gasteiger partial charge in [0.1, 0.15) is 5.75 Å². The molecule has 5 heteroatoms. The summed E-state index contributed by atoms with van der Waals surface area (Å²) in [6.07, 6.45) is 6.94. The molecular weight excluding hydrogens is 384 g/mol. The van der Waals surface area contributed by atoms with Crippen LogP contribution in [0.5, 0.6) is 5.75 Å². The molecule has 4 bridgehead atoms. The maximum atomic E-state index is 13.3. The van der Waals surface area contributed by atoms with Crippen LogP contribution >= 0.6 is 11.6 Å². The van der Waals surface area contributed by atoms with E-state index in [1.54, 1.807) is 24.3 Å². The molecule has 0 aliphatic heterocycles. The zero-order valence-electron chi connectivity index (χ0n) is 16.3. The van der Waals surface area contributed by atoms with E-state index in [9.17, 15) is 9.90 Å². The molecule has 4 nitrogen and oxygen atoms in total. The zero-order chi connectivity index (χ0) is 20.0. The van der Waals surface area contributed by atoms with Gasteiger partial charge in [-0.2, -0.15) is 5.10 Å². The van der Waals surface area contributed by atoms with Gasteiger partial charge in [0.15, 0.2) is 0 Å². The molecule has 4 aliphatic carbocycles. The predicted octanol–water partition coefficient (Wildman–Crippen LogP) is 5.13. The molecule has 0 radical (unpaired) electrons. The van der Waals surface area contributed by atoms with Gasteiger partial charge in [0.05, 0.1) is 11.1 Å². The third kappa shape index (κ3) is 3.55. The Kier molecular flexibility index (Phi) is 4.62. The number of carbonyl (C=O) groups excluding carboxylic acids is 1. The number of carbonyl (C=O) groups is 1. The van der Waals surface area contributed by atoms with Crippen LogP contribution in [0.4, 0.5) is 0 Å².